The first kappa shape index (κ1) is 18.6. The molecule has 130 valence electrons. The molecule has 0 heterocycles. The van der Waals surface area contributed by atoms with Crippen molar-refractivity contribution in [1.82, 2.24) is 0 Å². The van der Waals surface area contributed by atoms with Crippen LogP contribution in [-0.4, -0.2) is 23.4 Å². The molecule has 7 nitrogen and oxygen atoms in total. The first-order valence-electron chi connectivity index (χ1n) is 7.26. The second kappa shape index (κ2) is 7.89. The van der Waals surface area contributed by atoms with Crippen LogP contribution in [-0.2, 0) is 9.53 Å². The number of amides is 1. The molecule has 2 rings (SSSR count). The van der Waals surface area contributed by atoms with Crippen molar-refractivity contribution in [1.29, 1.82) is 0 Å². The number of carbonyl (C=O) groups excluding carboxylic acids is 2. The highest BCUT2D eigenvalue weighted by molar-refractivity contribution is 9.10. The maximum Gasteiger partial charge on any atom is 0.338 e. The number of nitro benzene ring substituents is 1. The van der Waals surface area contributed by atoms with Crippen LogP contribution in [0.2, 0.25) is 0 Å². The molecule has 1 amide bonds. The third-order valence-electron chi connectivity index (χ3n) is 3.51. The SMILES string of the molecule is Cc1cc(Br)c(NC(=O)COC(=O)c2ccc([N+](=O)[O-])cc2)cc1C. The van der Waals surface area contributed by atoms with Gasteiger partial charge in [0.05, 0.1) is 16.2 Å². The third kappa shape index (κ3) is 4.87. The van der Waals surface area contributed by atoms with E-state index in [4.69, 9.17) is 4.74 Å². The molecule has 0 aliphatic heterocycles. The van der Waals surface area contributed by atoms with Crippen molar-refractivity contribution >= 4 is 39.2 Å². The van der Waals surface area contributed by atoms with Crippen LogP contribution < -0.4 is 5.32 Å². The molecule has 2 aromatic carbocycles. The van der Waals surface area contributed by atoms with Gasteiger partial charge in [0, 0.05) is 16.6 Å². The second-order valence-corrected chi connectivity index (χ2v) is 6.20. The lowest BCUT2D eigenvalue weighted by atomic mass is 10.1. The number of nitro groups is 1. The Morgan fingerprint density at radius 1 is 1.16 bits per heavy atom. The molecule has 0 saturated heterocycles. The summed E-state index contributed by atoms with van der Waals surface area (Å²) in [4.78, 5) is 33.8. The molecule has 0 aromatic heterocycles. The van der Waals surface area contributed by atoms with Gasteiger partial charge in [0.2, 0.25) is 0 Å². The van der Waals surface area contributed by atoms with Gasteiger partial charge in [0.25, 0.3) is 11.6 Å². The summed E-state index contributed by atoms with van der Waals surface area (Å²) in [5.41, 5.74) is 2.68. The van der Waals surface area contributed by atoms with Gasteiger partial charge in [-0.05, 0) is 65.2 Å². The average Bonchev–Trinajstić information content (AvgIpc) is 2.57. The summed E-state index contributed by atoms with van der Waals surface area (Å²) in [5.74, 6) is -1.22. The number of hydrogen-bond acceptors (Lipinski definition) is 5. The van der Waals surface area contributed by atoms with Crippen molar-refractivity contribution < 1.29 is 19.2 Å². The molecule has 1 N–H and O–H groups in total. The van der Waals surface area contributed by atoms with Gasteiger partial charge < -0.3 is 10.1 Å². The monoisotopic (exact) mass is 406 g/mol. The van der Waals surface area contributed by atoms with E-state index in [2.05, 4.69) is 21.2 Å². The van der Waals surface area contributed by atoms with Gasteiger partial charge >= 0.3 is 5.97 Å². The van der Waals surface area contributed by atoms with Crippen molar-refractivity contribution in [3.8, 4) is 0 Å². The summed E-state index contributed by atoms with van der Waals surface area (Å²) < 4.78 is 5.65. The first-order valence-corrected chi connectivity index (χ1v) is 8.05. The minimum absolute atomic E-state index is 0.130. The maximum atomic E-state index is 11.9. The molecule has 0 fully saturated rings. The zero-order valence-corrected chi connectivity index (χ0v) is 15.1. The van der Waals surface area contributed by atoms with Gasteiger partial charge in [-0.3, -0.25) is 14.9 Å². The number of ether oxygens (including phenoxy) is 1. The summed E-state index contributed by atoms with van der Waals surface area (Å²) >= 11 is 3.37. The molecule has 0 unspecified atom stereocenters. The summed E-state index contributed by atoms with van der Waals surface area (Å²) in [6, 6.07) is 8.64. The zero-order chi connectivity index (χ0) is 18.6. The largest absolute Gasteiger partial charge is 0.452 e. The molecule has 25 heavy (non-hydrogen) atoms. The Kier molecular flexibility index (Phi) is 5.87. The normalized spacial score (nSPS) is 10.2. The van der Waals surface area contributed by atoms with E-state index >= 15 is 0 Å². The van der Waals surface area contributed by atoms with Crippen LogP contribution in [0.3, 0.4) is 0 Å². The van der Waals surface area contributed by atoms with Crippen molar-refractivity contribution in [2.75, 3.05) is 11.9 Å². The molecule has 2 aromatic rings. The fraction of sp³-hybridized carbons (Fsp3) is 0.176. The number of halogens is 1. The Hall–Kier alpha value is -2.74. The van der Waals surface area contributed by atoms with Crippen molar-refractivity contribution in [2.24, 2.45) is 0 Å². The number of hydrogen-bond donors (Lipinski definition) is 1. The number of anilines is 1. The Morgan fingerprint density at radius 3 is 2.36 bits per heavy atom. The number of aryl methyl sites for hydroxylation is 2. The Labute approximate surface area is 152 Å². The van der Waals surface area contributed by atoms with E-state index in [-0.39, 0.29) is 11.3 Å². The number of nitrogens with one attached hydrogen (secondary N) is 1. The van der Waals surface area contributed by atoms with Gasteiger partial charge in [-0.15, -0.1) is 0 Å². The third-order valence-corrected chi connectivity index (χ3v) is 4.16. The summed E-state index contributed by atoms with van der Waals surface area (Å²) in [6.07, 6.45) is 0. The van der Waals surface area contributed by atoms with E-state index in [1.165, 1.54) is 24.3 Å². The van der Waals surface area contributed by atoms with Crippen LogP contribution in [0.25, 0.3) is 0 Å². The fourth-order valence-corrected chi connectivity index (χ4v) is 2.55. The Morgan fingerprint density at radius 2 is 1.76 bits per heavy atom. The number of benzene rings is 2. The summed E-state index contributed by atoms with van der Waals surface area (Å²) in [7, 11) is 0. The van der Waals surface area contributed by atoms with Gasteiger partial charge in [-0.25, -0.2) is 4.79 Å². The van der Waals surface area contributed by atoms with Gasteiger partial charge in [-0.2, -0.15) is 0 Å². The zero-order valence-electron chi connectivity index (χ0n) is 13.5. The van der Waals surface area contributed by atoms with Gasteiger partial charge in [-0.1, -0.05) is 0 Å². The molecule has 0 aliphatic carbocycles. The molecule has 0 atom stereocenters. The van der Waals surface area contributed by atoms with Crippen LogP contribution in [0.4, 0.5) is 11.4 Å². The maximum absolute atomic E-state index is 11.9. The number of carbonyl (C=O) groups is 2. The highest BCUT2D eigenvalue weighted by Gasteiger charge is 2.13. The molecule has 0 bridgehead atoms. The van der Waals surface area contributed by atoms with Crippen LogP contribution in [0.15, 0.2) is 40.9 Å². The standard InChI is InChI=1S/C17H15BrN2O5/c1-10-7-14(18)15(8-11(10)2)19-16(21)9-25-17(22)12-3-5-13(6-4-12)20(23)24/h3-8H,9H2,1-2H3,(H,19,21). The molecule has 0 radical (unpaired) electrons. The van der Waals surface area contributed by atoms with E-state index in [0.29, 0.717) is 5.69 Å². The van der Waals surface area contributed by atoms with Gasteiger partial charge in [0.1, 0.15) is 0 Å². The highest BCUT2D eigenvalue weighted by atomic mass is 79.9. The molecule has 0 spiro atoms. The minimum Gasteiger partial charge on any atom is -0.452 e. The Bertz CT molecular complexity index is 834. The predicted octanol–water partition coefficient (Wildman–Crippen LogP) is 3.77. The predicted molar refractivity (Wildman–Crippen MR) is 95.6 cm³/mol. The summed E-state index contributed by atoms with van der Waals surface area (Å²) in [6.45, 7) is 3.42. The first-order chi connectivity index (χ1) is 11.8. The van der Waals surface area contributed by atoms with E-state index in [9.17, 15) is 19.7 Å². The van der Waals surface area contributed by atoms with Crippen LogP contribution in [0.5, 0.6) is 0 Å². The smallest absolute Gasteiger partial charge is 0.338 e. The molecular formula is C17H15BrN2O5. The number of nitrogens with zero attached hydrogens (tertiary/aromatic N) is 1. The summed E-state index contributed by atoms with van der Waals surface area (Å²) in [5, 5.41) is 13.2. The molecule has 8 heteroatoms. The molecular weight excluding hydrogens is 392 g/mol. The second-order valence-electron chi connectivity index (χ2n) is 5.34. The lowest BCUT2D eigenvalue weighted by molar-refractivity contribution is -0.384. The lowest BCUT2D eigenvalue weighted by Gasteiger charge is -2.10. The van der Waals surface area contributed by atoms with Crippen LogP contribution in [0, 0.1) is 24.0 Å². The van der Waals surface area contributed by atoms with Crippen LogP contribution in [0.1, 0.15) is 21.5 Å². The van der Waals surface area contributed by atoms with Gasteiger partial charge in [0.15, 0.2) is 6.61 Å². The Balaban J connectivity index is 1.94. The minimum atomic E-state index is -0.732. The fourth-order valence-electron chi connectivity index (χ4n) is 2.00. The van der Waals surface area contributed by atoms with E-state index < -0.39 is 23.4 Å². The average molecular weight is 407 g/mol. The van der Waals surface area contributed by atoms with Crippen molar-refractivity contribution in [3.05, 3.63) is 67.7 Å². The number of non-ortho nitro benzene ring substituents is 1. The number of esters is 1. The quantitative estimate of drug-likeness (QED) is 0.462. The topological polar surface area (TPSA) is 98.5 Å². The van der Waals surface area contributed by atoms with E-state index in [1.54, 1.807) is 0 Å². The number of rotatable bonds is 5. The molecule has 0 saturated carbocycles. The van der Waals surface area contributed by atoms with Crippen molar-refractivity contribution in [3.63, 3.8) is 0 Å². The van der Waals surface area contributed by atoms with Crippen LogP contribution >= 0.6 is 15.9 Å². The van der Waals surface area contributed by atoms with E-state index in [0.717, 1.165) is 15.6 Å². The lowest BCUT2D eigenvalue weighted by Crippen LogP contribution is -2.21. The highest BCUT2D eigenvalue weighted by Crippen LogP contribution is 2.26. The molecule has 0 aliphatic rings. The van der Waals surface area contributed by atoms with E-state index in [1.807, 2.05) is 26.0 Å². The van der Waals surface area contributed by atoms with Crippen molar-refractivity contribution in [2.45, 2.75) is 13.8 Å².